The van der Waals surface area contributed by atoms with Gasteiger partial charge in [-0.05, 0) is 74.4 Å². The summed E-state index contributed by atoms with van der Waals surface area (Å²) in [5.74, 6) is -0.297. The van der Waals surface area contributed by atoms with E-state index in [1.165, 1.54) is 12.1 Å². The zero-order chi connectivity index (χ0) is 29.6. The number of benzene rings is 3. The molecule has 0 atom stereocenters. The Kier molecular flexibility index (Phi) is 9.32. The quantitative estimate of drug-likeness (QED) is 0.179. The second kappa shape index (κ2) is 12.7. The van der Waals surface area contributed by atoms with Crippen molar-refractivity contribution in [1.29, 1.82) is 0 Å². The molecule has 0 spiro atoms. The third-order valence-electron chi connectivity index (χ3n) is 5.52. The number of carbonyl (C=O) groups is 1. The van der Waals surface area contributed by atoms with Gasteiger partial charge in [0.25, 0.3) is 10.0 Å². The van der Waals surface area contributed by atoms with Gasteiger partial charge in [-0.2, -0.15) is 0 Å². The molecule has 0 radical (unpaired) electrons. The number of amides is 1. The maximum Gasteiger partial charge on any atom is 0.414 e. The first kappa shape index (κ1) is 30.0. The fourth-order valence-corrected chi connectivity index (χ4v) is 5.08. The number of nitrogens with one attached hydrogen (secondary N) is 2. The van der Waals surface area contributed by atoms with Crippen molar-refractivity contribution in [2.45, 2.75) is 37.8 Å². The van der Waals surface area contributed by atoms with E-state index in [1.54, 1.807) is 63.4 Å². The van der Waals surface area contributed by atoms with Crippen LogP contribution in [0.1, 0.15) is 26.3 Å². The fourth-order valence-electron chi connectivity index (χ4n) is 3.76. The molecule has 0 saturated heterocycles. The van der Waals surface area contributed by atoms with Crippen LogP contribution in [0.15, 0.2) is 101 Å². The Labute approximate surface area is 249 Å². The van der Waals surface area contributed by atoms with Crippen molar-refractivity contribution in [1.82, 2.24) is 15.0 Å². The number of nitrogens with zero attached hydrogens (tertiary/aromatic N) is 2. The van der Waals surface area contributed by atoms with Crippen LogP contribution in [0.2, 0.25) is 10.0 Å². The number of halogens is 2. The van der Waals surface area contributed by atoms with E-state index < -0.39 is 21.7 Å². The molecule has 41 heavy (non-hydrogen) atoms. The van der Waals surface area contributed by atoms with E-state index >= 15 is 0 Å². The highest BCUT2D eigenvalue weighted by molar-refractivity contribution is 7.90. The van der Waals surface area contributed by atoms with Crippen LogP contribution in [0.4, 0.5) is 4.79 Å². The van der Waals surface area contributed by atoms with E-state index in [0.717, 1.165) is 16.7 Å². The summed E-state index contributed by atoms with van der Waals surface area (Å²) in [4.78, 5) is 21.6. The van der Waals surface area contributed by atoms with Crippen molar-refractivity contribution < 1.29 is 17.9 Å². The maximum absolute atomic E-state index is 13.0. The van der Waals surface area contributed by atoms with Gasteiger partial charge in [-0.25, -0.2) is 22.9 Å². The molecule has 0 aliphatic rings. The monoisotopic (exact) mass is 610 g/mol. The predicted molar refractivity (Wildman–Crippen MR) is 162 cm³/mol. The van der Waals surface area contributed by atoms with E-state index in [0.29, 0.717) is 21.3 Å². The molecule has 1 aromatic heterocycles. The largest absolute Gasteiger partial charge is 0.444 e. The summed E-state index contributed by atoms with van der Waals surface area (Å²) in [6.07, 6.45) is 0.779. The SMILES string of the molecule is CC(C)(C)OC(=O)NC(=NCc1cnc(-c2ccc(Cl)cc2)c(-c2cccc(Cl)c2)c1)NS(=O)(=O)c1ccccc1. The van der Waals surface area contributed by atoms with Gasteiger partial charge in [-0.15, -0.1) is 0 Å². The van der Waals surface area contributed by atoms with Crippen LogP contribution in [-0.4, -0.2) is 31.1 Å². The first-order valence-corrected chi connectivity index (χ1v) is 14.8. The standard InChI is InChI=1S/C30H28Cl2N4O4S/c1-30(2,3)40-29(37)35-28(36-41(38,39)25-10-5-4-6-11-25)34-19-20-16-26(22-8-7-9-24(32)17-22)27(33-18-20)21-12-14-23(31)15-13-21/h4-18H,19H2,1-3H3,(H2,34,35,36,37). The number of aliphatic imine (C=N–C) groups is 1. The molecule has 11 heteroatoms. The number of sulfonamides is 1. The van der Waals surface area contributed by atoms with Crippen LogP contribution in [0.3, 0.4) is 0 Å². The molecule has 212 valence electrons. The molecule has 2 N–H and O–H groups in total. The first-order chi connectivity index (χ1) is 19.4. The van der Waals surface area contributed by atoms with Crippen molar-refractivity contribution in [3.8, 4) is 22.4 Å². The van der Waals surface area contributed by atoms with Crippen molar-refractivity contribution >= 4 is 45.3 Å². The smallest absolute Gasteiger partial charge is 0.414 e. The van der Waals surface area contributed by atoms with Gasteiger partial charge in [0.05, 0.1) is 17.1 Å². The predicted octanol–water partition coefficient (Wildman–Crippen LogP) is 7.08. The highest BCUT2D eigenvalue weighted by atomic mass is 35.5. The summed E-state index contributed by atoms with van der Waals surface area (Å²) in [6, 6.07) is 24.3. The van der Waals surface area contributed by atoms with E-state index in [9.17, 15) is 13.2 Å². The Bertz CT molecular complexity index is 1670. The molecule has 4 aromatic rings. The lowest BCUT2D eigenvalue weighted by Crippen LogP contribution is -2.45. The van der Waals surface area contributed by atoms with Crippen LogP contribution in [0, 0.1) is 0 Å². The zero-order valence-corrected chi connectivity index (χ0v) is 24.9. The number of hydrogen-bond acceptors (Lipinski definition) is 6. The maximum atomic E-state index is 13.0. The van der Waals surface area contributed by atoms with E-state index in [4.69, 9.17) is 27.9 Å². The van der Waals surface area contributed by atoms with Crippen molar-refractivity contribution in [2.75, 3.05) is 0 Å². The molecule has 0 saturated carbocycles. The summed E-state index contributed by atoms with van der Waals surface area (Å²) < 4.78 is 33.7. The molecule has 1 heterocycles. The molecule has 0 unspecified atom stereocenters. The molecule has 0 bridgehead atoms. The van der Waals surface area contributed by atoms with Crippen LogP contribution in [-0.2, 0) is 21.3 Å². The normalized spacial score (nSPS) is 12.1. The van der Waals surface area contributed by atoms with Gasteiger partial charge < -0.3 is 4.74 Å². The minimum Gasteiger partial charge on any atom is -0.444 e. The summed E-state index contributed by atoms with van der Waals surface area (Å²) in [5, 5.41) is 3.58. The summed E-state index contributed by atoms with van der Waals surface area (Å²) in [6.45, 7) is 5.08. The molecule has 0 aliphatic carbocycles. The second-order valence-corrected chi connectivity index (χ2v) is 12.5. The number of aromatic nitrogens is 1. The minimum atomic E-state index is -4.05. The average molecular weight is 612 g/mol. The first-order valence-electron chi connectivity index (χ1n) is 12.5. The Hall–Kier alpha value is -3.92. The molecule has 8 nitrogen and oxygen atoms in total. The summed E-state index contributed by atoms with van der Waals surface area (Å²) >= 11 is 12.4. The highest BCUT2D eigenvalue weighted by Crippen LogP contribution is 2.33. The lowest BCUT2D eigenvalue weighted by molar-refractivity contribution is 0.0562. The number of carbonyl (C=O) groups excluding carboxylic acids is 1. The second-order valence-electron chi connectivity index (χ2n) is 9.97. The Morgan fingerprint density at radius 2 is 1.61 bits per heavy atom. The topological polar surface area (TPSA) is 110 Å². The Morgan fingerprint density at radius 1 is 0.902 bits per heavy atom. The number of rotatable bonds is 6. The number of hydrogen-bond donors (Lipinski definition) is 2. The molecule has 0 aliphatic heterocycles. The van der Waals surface area contributed by atoms with Gasteiger partial charge >= 0.3 is 6.09 Å². The number of alkyl carbamates (subject to hydrolysis) is 1. The van der Waals surface area contributed by atoms with Crippen molar-refractivity contribution in [2.24, 2.45) is 4.99 Å². The zero-order valence-electron chi connectivity index (χ0n) is 22.6. The minimum absolute atomic E-state index is 0.0100. The third kappa shape index (κ3) is 8.53. The van der Waals surface area contributed by atoms with E-state index in [2.05, 4.69) is 20.0 Å². The Morgan fingerprint density at radius 3 is 2.27 bits per heavy atom. The van der Waals surface area contributed by atoms with Gasteiger partial charge in [0.15, 0.2) is 0 Å². The van der Waals surface area contributed by atoms with Gasteiger partial charge in [0, 0.05) is 27.4 Å². The van der Waals surface area contributed by atoms with Gasteiger partial charge in [0.2, 0.25) is 5.96 Å². The fraction of sp³-hybridized carbons (Fsp3) is 0.167. The van der Waals surface area contributed by atoms with Gasteiger partial charge in [0.1, 0.15) is 5.60 Å². The average Bonchev–Trinajstić information content (AvgIpc) is 2.91. The number of guanidine groups is 1. The third-order valence-corrected chi connectivity index (χ3v) is 7.36. The highest BCUT2D eigenvalue weighted by Gasteiger charge is 2.21. The summed E-state index contributed by atoms with van der Waals surface area (Å²) in [5.41, 5.74) is 3.02. The number of pyridine rings is 1. The van der Waals surface area contributed by atoms with Crippen LogP contribution in [0.5, 0.6) is 0 Å². The van der Waals surface area contributed by atoms with Crippen molar-refractivity contribution in [3.05, 3.63) is 107 Å². The van der Waals surface area contributed by atoms with Gasteiger partial charge in [-0.1, -0.05) is 65.7 Å². The van der Waals surface area contributed by atoms with Crippen LogP contribution < -0.4 is 10.0 Å². The van der Waals surface area contributed by atoms with Gasteiger partial charge in [-0.3, -0.25) is 10.3 Å². The van der Waals surface area contributed by atoms with E-state index in [1.807, 2.05) is 36.4 Å². The lowest BCUT2D eigenvalue weighted by Gasteiger charge is -2.20. The van der Waals surface area contributed by atoms with Crippen LogP contribution in [0.25, 0.3) is 22.4 Å². The molecular formula is C30H28Cl2N4O4S. The molecule has 3 aromatic carbocycles. The van der Waals surface area contributed by atoms with Crippen molar-refractivity contribution in [3.63, 3.8) is 0 Å². The van der Waals surface area contributed by atoms with E-state index in [-0.39, 0.29) is 17.4 Å². The van der Waals surface area contributed by atoms with Crippen LogP contribution >= 0.6 is 23.2 Å². The lowest BCUT2D eigenvalue weighted by atomic mass is 9.98. The molecule has 4 rings (SSSR count). The number of ether oxygens (including phenoxy) is 1. The Balaban J connectivity index is 1.70. The molecule has 0 fully saturated rings. The summed E-state index contributed by atoms with van der Waals surface area (Å²) in [7, 11) is -4.05. The molecular weight excluding hydrogens is 583 g/mol. The molecule has 1 amide bonds.